The van der Waals surface area contributed by atoms with Gasteiger partial charge in [0, 0.05) is 12.8 Å². The maximum atomic E-state index is 11.9. The molecule has 0 fully saturated rings. The molecule has 118 valence electrons. The maximum Gasteiger partial charge on any atom is 0.242 e. The van der Waals surface area contributed by atoms with Crippen LogP contribution >= 0.6 is 0 Å². The van der Waals surface area contributed by atoms with Gasteiger partial charge in [-0.3, -0.25) is 19.2 Å². The van der Waals surface area contributed by atoms with Gasteiger partial charge < -0.3 is 20.7 Å². The SMILES string of the molecule is [2H]C(=O)CNC(=O)CCC(NC(=O)CC)C(=O)NCC(C)=O. The number of hydrogen-bond acceptors (Lipinski definition) is 5. The van der Waals surface area contributed by atoms with Crippen molar-refractivity contribution in [1.82, 2.24) is 16.0 Å². The van der Waals surface area contributed by atoms with Gasteiger partial charge in [-0.25, -0.2) is 0 Å². The van der Waals surface area contributed by atoms with E-state index in [1.165, 1.54) is 6.92 Å². The number of ketones is 1. The van der Waals surface area contributed by atoms with Crippen molar-refractivity contribution in [2.45, 2.75) is 39.2 Å². The zero-order valence-corrected chi connectivity index (χ0v) is 12.2. The molecule has 0 aromatic heterocycles. The molecule has 0 aliphatic heterocycles. The fourth-order valence-electron chi connectivity index (χ4n) is 1.40. The summed E-state index contributed by atoms with van der Waals surface area (Å²) in [5.74, 6) is -1.65. The monoisotopic (exact) mass is 300 g/mol. The number of hydrogen-bond donors (Lipinski definition) is 3. The molecule has 0 radical (unpaired) electrons. The summed E-state index contributed by atoms with van der Waals surface area (Å²) in [4.78, 5) is 56.0. The summed E-state index contributed by atoms with van der Waals surface area (Å²) in [6.07, 6.45) is -0.831. The van der Waals surface area contributed by atoms with Gasteiger partial charge in [-0.15, -0.1) is 0 Å². The fourth-order valence-corrected chi connectivity index (χ4v) is 1.40. The Morgan fingerprint density at radius 3 is 2.38 bits per heavy atom. The van der Waals surface area contributed by atoms with Crippen LogP contribution in [-0.4, -0.2) is 48.9 Å². The second-order valence-electron chi connectivity index (χ2n) is 4.35. The first-order valence-corrected chi connectivity index (χ1v) is 6.58. The van der Waals surface area contributed by atoms with Gasteiger partial charge in [0.1, 0.15) is 19.5 Å². The largest absolute Gasteiger partial charge is 0.349 e. The van der Waals surface area contributed by atoms with Crippen LogP contribution in [0.2, 0.25) is 0 Å². The molecule has 1 unspecified atom stereocenters. The van der Waals surface area contributed by atoms with Crippen LogP contribution in [0, 0.1) is 0 Å². The standard InChI is InChI=1S/C13H21N3O5/c1-3-11(19)16-10(13(21)15-8-9(2)18)4-5-12(20)14-6-7-17/h7,10H,3-6,8H2,1-2H3,(H,14,20)(H,15,21)(H,16,19)/i7D. The molecule has 0 heterocycles. The number of Topliss-reactive ketones (excluding diaryl/α,β-unsaturated/α-hetero) is 1. The van der Waals surface area contributed by atoms with Crippen molar-refractivity contribution in [2.24, 2.45) is 0 Å². The van der Waals surface area contributed by atoms with Gasteiger partial charge in [0.05, 0.1) is 13.1 Å². The van der Waals surface area contributed by atoms with Crippen LogP contribution in [0.5, 0.6) is 0 Å². The number of nitrogens with one attached hydrogen (secondary N) is 3. The summed E-state index contributed by atoms with van der Waals surface area (Å²) >= 11 is 0. The molecule has 0 aromatic rings. The van der Waals surface area contributed by atoms with Crippen LogP contribution in [0.25, 0.3) is 0 Å². The average Bonchev–Trinajstić information content (AvgIpc) is 2.46. The first-order chi connectivity index (χ1) is 10.3. The minimum Gasteiger partial charge on any atom is -0.349 e. The second kappa shape index (κ2) is 10.5. The Morgan fingerprint density at radius 1 is 1.19 bits per heavy atom. The summed E-state index contributed by atoms with van der Waals surface area (Å²) in [6, 6.07) is -0.941. The van der Waals surface area contributed by atoms with Gasteiger partial charge in [-0.2, -0.15) is 0 Å². The van der Waals surface area contributed by atoms with E-state index in [-0.39, 0.29) is 37.5 Å². The molecule has 0 saturated heterocycles. The molecular formula is C13H21N3O5. The van der Waals surface area contributed by atoms with E-state index in [0.717, 1.165) is 0 Å². The lowest BCUT2D eigenvalue weighted by atomic mass is 10.1. The molecule has 0 aliphatic rings. The van der Waals surface area contributed by atoms with Crippen LogP contribution in [0.3, 0.4) is 0 Å². The van der Waals surface area contributed by atoms with Crippen molar-refractivity contribution in [1.29, 1.82) is 0 Å². The van der Waals surface area contributed by atoms with Gasteiger partial charge in [-0.1, -0.05) is 6.92 Å². The lowest BCUT2D eigenvalue weighted by molar-refractivity contribution is -0.130. The van der Waals surface area contributed by atoms with Crippen molar-refractivity contribution < 1.29 is 25.3 Å². The van der Waals surface area contributed by atoms with Crippen LogP contribution in [-0.2, 0) is 24.0 Å². The third-order valence-corrected chi connectivity index (χ3v) is 2.50. The zero-order chi connectivity index (χ0) is 17.1. The number of aldehydes is 1. The average molecular weight is 300 g/mol. The Morgan fingerprint density at radius 2 is 1.86 bits per heavy atom. The summed E-state index contributed by atoms with van der Waals surface area (Å²) in [7, 11) is 0. The second-order valence-corrected chi connectivity index (χ2v) is 4.35. The van der Waals surface area contributed by atoms with E-state index >= 15 is 0 Å². The van der Waals surface area contributed by atoms with E-state index in [9.17, 15) is 24.0 Å². The molecule has 0 rings (SSSR count). The highest BCUT2D eigenvalue weighted by molar-refractivity contribution is 5.90. The molecule has 0 bridgehead atoms. The highest BCUT2D eigenvalue weighted by Gasteiger charge is 2.21. The minimum atomic E-state index is -0.941. The third-order valence-electron chi connectivity index (χ3n) is 2.50. The predicted octanol–water partition coefficient (Wildman–Crippen LogP) is -1.32. The highest BCUT2D eigenvalue weighted by Crippen LogP contribution is 1.99. The van der Waals surface area contributed by atoms with Gasteiger partial charge in [0.15, 0.2) is 0 Å². The topological polar surface area (TPSA) is 121 Å². The number of amides is 3. The number of rotatable bonds is 10. The predicted molar refractivity (Wildman–Crippen MR) is 74.2 cm³/mol. The zero-order valence-electron chi connectivity index (χ0n) is 13.2. The molecule has 0 aromatic carbocycles. The molecule has 0 saturated carbocycles. The molecule has 3 amide bonds. The normalized spacial score (nSPS) is 11.8. The van der Waals surface area contributed by atoms with Crippen molar-refractivity contribution in [3.8, 4) is 0 Å². The van der Waals surface area contributed by atoms with E-state index in [1.54, 1.807) is 6.92 Å². The molecular weight excluding hydrogens is 278 g/mol. The summed E-state index contributed by atoms with van der Waals surface area (Å²) < 4.78 is 6.66. The third kappa shape index (κ3) is 9.31. The molecule has 3 N–H and O–H groups in total. The maximum absolute atomic E-state index is 11.9. The first kappa shape index (κ1) is 16.8. The van der Waals surface area contributed by atoms with E-state index in [4.69, 9.17) is 1.37 Å². The molecule has 1 atom stereocenters. The van der Waals surface area contributed by atoms with E-state index in [2.05, 4.69) is 16.0 Å². The minimum absolute atomic E-state index is 0.0213. The molecule has 8 nitrogen and oxygen atoms in total. The molecule has 0 spiro atoms. The van der Waals surface area contributed by atoms with Crippen molar-refractivity contribution in [3.63, 3.8) is 0 Å². The Hall–Kier alpha value is -2.25. The quantitative estimate of drug-likeness (QED) is 0.432. The van der Waals surface area contributed by atoms with Crippen LogP contribution in [0.15, 0.2) is 0 Å². The van der Waals surface area contributed by atoms with Crippen molar-refractivity contribution in [3.05, 3.63) is 0 Å². The van der Waals surface area contributed by atoms with Crippen LogP contribution < -0.4 is 16.0 Å². The van der Waals surface area contributed by atoms with Gasteiger partial charge in [0.25, 0.3) is 0 Å². The fraction of sp³-hybridized carbons (Fsp3) is 0.615. The lowest BCUT2D eigenvalue weighted by Crippen LogP contribution is -2.48. The van der Waals surface area contributed by atoms with E-state index in [0.29, 0.717) is 0 Å². The summed E-state index contributed by atoms with van der Waals surface area (Å²) in [5, 5.41) is 7.05. The van der Waals surface area contributed by atoms with Gasteiger partial charge >= 0.3 is 0 Å². The Balaban J connectivity index is 4.48. The Labute approximate surface area is 124 Å². The van der Waals surface area contributed by atoms with Crippen molar-refractivity contribution in [2.75, 3.05) is 13.1 Å². The molecule has 0 aliphatic carbocycles. The molecule has 21 heavy (non-hydrogen) atoms. The van der Waals surface area contributed by atoms with Crippen LogP contribution in [0.1, 0.15) is 34.5 Å². The number of carbonyl (C=O) groups excluding carboxylic acids is 5. The van der Waals surface area contributed by atoms with Crippen molar-refractivity contribution >= 4 is 29.8 Å². The van der Waals surface area contributed by atoms with Gasteiger partial charge in [-0.05, 0) is 13.3 Å². The summed E-state index contributed by atoms with van der Waals surface area (Å²) in [5.41, 5.74) is 0. The molecule has 8 heteroatoms. The summed E-state index contributed by atoms with van der Waals surface area (Å²) in [6.45, 7) is 2.37. The lowest BCUT2D eigenvalue weighted by Gasteiger charge is -2.17. The van der Waals surface area contributed by atoms with E-state index in [1.807, 2.05) is 0 Å². The number of carbonyl (C=O) groups is 5. The smallest absolute Gasteiger partial charge is 0.242 e. The Kier molecular flexibility index (Phi) is 8.42. The highest BCUT2D eigenvalue weighted by atomic mass is 16.2. The first-order valence-electron chi connectivity index (χ1n) is 7.08. The Bertz CT molecular complexity index is 453. The van der Waals surface area contributed by atoms with Gasteiger partial charge in [0.2, 0.25) is 17.7 Å². The van der Waals surface area contributed by atoms with E-state index < -0.39 is 30.7 Å². The van der Waals surface area contributed by atoms with Crippen LogP contribution in [0.4, 0.5) is 0 Å².